The smallest absolute Gasteiger partial charge is 0.409 e. The lowest BCUT2D eigenvalue weighted by Crippen LogP contribution is -1.95. The van der Waals surface area contributed by atoms with E-state index in [-0.39, 0.29) is 0 Å². The van der Waals surface area contributed by atoms with Crippen LogP contribution in [0.3, 0.4) is 0 Å². The number of benzene rings is 2. The number of hydrogen-bond acceptors (Lipinski definition) is 2. The van der Waals surface area contributed by atoms with Crippen LogP contribution in [0.4, 0.5) is 4.79 Å². The summed E-state index contributed by atoms with van der Waals surface area (Å²) in [6, 6.07) is 15.4. The third kappa shape index (κ3) is 3.08. The Morgan fingerprint density at radius 3 is 1.88 bits per heavy atom. The molecule has 2 rings (SSSR count). The molecule has 0 aliphatic carbocycles. The van der Waals surface area contributed by atoms with Crippen molar-refractivity contribution in [1.29, 1.82) is 0 Å². The van der Waals surface area contributed by atoms with E-state index >= 15 is 0 Å². The average molecular weight is 247 g/mol. The van der Waals surface area contributed by atoms with E-state index < -0.39 is 5.43 Å². The summed E-state index contributed by atoms with van der Waals surface area (Å²) in [4.78, 5) is 10.5. The first-order valence-electron chi connectivity index (χ1n) is 5.19. The lowest BCUT2D eigenvalue weighted by molar-refractivity contribution is 0.225. The van der Waals surface area contributed by atoms with Gasteiger partial charge in [0.25, 0.3) is 0 Å². The fourth-order valence-electron chi connectivity index (χ4n) is 1.55. The molecule has 0 fully saturated rings. The van der Waals surface area contributed by atoms with Gasteiger partial charge in [-0.3, -0.25) is 0 Å². The van der Waals surface area contributed by atoms with Crippen molar-refractivity contribution in [2.75, 3.05) is 0 Å². The van der Waals surface area contributed by atoms with Crippen molar-refractivity contribution in [2.24, 2.45) is 0 Å². The molecule has 2 aromatic rings. The summed E-state index contributed by atoms with van der Waals surface area (Å²) in [5.74, 6) is 0.445. The predicted molar refractivity (Wildman–Crippen MR) is 68.5 cm³/mol. The predicted octanol–water partition coefficient (Wildman–Crippen LogP) is 4.40. The second-order valence-corrected chi connectivity index (χ2v) is 4.04. The van der Waals surface area contributed by atoms with Crippen molar-refractivity contribution in [1.82, 2.24) is 0 Å². The van der Waals surface area contributed by atoms with Crippen molar-refractivity contribution >= 4 is 17.0 Å². The maximum Gasteiger partial charge on any atom is 0.409 e. The molecule has 0 spiro atoms. The first kappa shape index (κ1) is 11.7. The molecule has 0 atom stereocenters. The topological polar surface area (TPSA) is 26.3 Å². The average Bonchev–Trinajstić information content (AvgIpc) is 2.30. The minimum Gasteiger partial charge on any atom is -0.415 e. The van der Waals surface area contributed by atoms with Crippen molar-refractivity contribution < 1.29 is 9.53 Å². The third-order valence-corrected chi connectivity index (χ3v) is 2.51. The normalized spacial score (nSPS) is 10.0. The molecule has 0 N–H and O–H groups in total. The first-order chi connectivity index (χ1) is 8.15. The zero-order valence-electron chi connectivity index (χ0n) is 9.31. The van der Waals surface area contributed by atoms with Crippen LogP contribution in [0.15, 0.2) is 48.5 Å². The highest BCUT2D eigenvalue weighted by molar-refractivity contribution is 6.61. The molecular weight excluding hydrogens is 236 g/mol. The minimum atomic E-state index is -0.826. The molecule has 3 heteroatoms. The number of rotatable bonds is 2. The lowest BCUT2D eigenvalue weighted by atomic mass is 10.0. The summed E-state index contributed by atoms with van der Waals surface area (Å²) in [7, 11) is 0. The van der Waals surface area contributed by atoms with E-state index in [9.17, 15) is 4.79 Å². The van der Waals surface area contributed by atoms with Crippen LogP contribution in [0.2, 0.25) is 0 Å². The maximum absolute atomic E-state index is 10.5. The fourth-order valence-corrected chi connectivity index (χ4v) is 1.64. The van der Waals surface area contributed by atoms with Gasteiger partial charge in [0.15, 0.2) is 0 Å². The molecule has 0 unspecified atom stereocenters. The Labute approximate surface area is 105 Å². The van der Waals surface area contributed by atoms with Crippen molar-refractivity contribution in [3.8, 4) is 16.9 Å². The van der Waals surface area contributed by atoms with Gasteiger partial charge in [0, 0.05) is 11.6 Å². The Morgan fingerprint density at radius 1 is 0.941 bits per heavy atom. The molecule has 0 aliphatic heterocycles. The summed E-state index contributed by atoms with van der Waals surface area (Å²) >= 11 is 5.13. The first-order valence-corrected chi connectivity index (χ1v) is 5.57. The highest BCUT2D eigenvalue weighted by Gasteiger charge is 2.01. The number of aryl methyl sites for hydroxylation is 1. The fraction of sp³-hybridized carbons (Fsp3) is 0.0714. The zero-order chi connectivity index (χ0) is 12.3. The summed E-state index contributed by atoms with van der Waals surface area (Å²) in [6.45, 7) is 2.05. The molecule has 86 valence electrons. The van der Waals surface area contributed by atoms with Gasteiger partial charge >= 0.3 is 5.43 Å². The van der Waals surface area contributed by atoms with Gasteiger partial charge < -0.3 is 4.74 Å². The van der Waals surface area contributed by atoms with Gasteiger partial charge in [0.2, 0.25) is 0 Å². The number of carbonyl (C=O) groups is 1. The molecule has 2 aromatic carbocycles. The van der Waals surface area contributed by atoms with Gasteiger partial charge in [-0.15, -0.1) is 0 Å². The van der Waals surface area contributed by atoms with Gasteiger partial charge in [-0.25, -0.2) is 4.79 Å². The highest BCUT2D eigenvalue weighted by Crippen LogP contribution is 2.23. The molecular formula is C14H11ClO2. The van der Waals surface area contributed by atoms with E-state index in [0.717, 1.165) is 11.1 Å². The van der Waals surface area contributed by atoms with E-state index in [4.69, 9.17) is 16.3 Å². The Morgan fingerprint density at radius 2 is 1.41 bits per heavy atom. The Bertz CT molecular complexity index is 515. The number of ether oxygens (including phenoxy) is 1. The molecule has 0 aromatic heterocycles. The molecule has 0 heterocycles. The molecule has 0 amide bonds. The van der Waals surface area contributed by atoms with Crippen LogP contribution >= 0.6 is 11.6 Å². The van der Waals surface area contributed by atoms with Crippen molar-refractivity contribution in [3.05, 3.63) is 54.1 Å². The second kappa shape index (κ2) is 5.02. The summed E-state index contributed by atoms with van der Waals surface area (Å²) in [6.07, 6.45) is 0. The van der Waals surface area contributed by atoms with Gasteiger partial charge in [-0.2, -0.15) is 0 Å². The minimum absolute atomic E-state index is 0.445. The Kier molecular flexibility index (Phi) is 3.45. The SMILES string of the molecule is Cc1ccc(-c2ccc(OC(=O)Cl)cc2)cc1. The van der Waals surface area contributed by atoms with Gasteiger partial charge in [-0.1, -0.05) is 42.0 Å². The zero-order valence-corrected chi connectivity index (χ0v) is 10.1. The standard InChI is InChI=1S/C14H11ClO2/c1-10-2-4-11(5-3-10)12-6-8-13(9-7-12)17-14(15)16/h2-9H,1H3. The third-order valence-electron chi connectivity index (χ3n) is 2.44. The van der Waals surface area contributed by atoms with E-state index in [2.05, 4.69) is 24.3 Å². The van der Waals surface area contributed by atoms with E-state index in [1.165, 1.54) is 5.56 Å². The quantitative estimate of drug-likeness (QED) is 0.734. The Balaban J connectivity index is 2.23. The van der Waals surface area contributed by atoms with E-state index in [1.807, 2.05) is 19.1 Å². The van der Waals surface area contributed by atoms with Crippen LogP contribution in [0.5, 0.6) is 5.75 Å². The highest BCUT2D eigenvalue weighted by atomic mass is 35.5. The van der Waals surface area contributed by atoms with Gasteiger partial charge in [-0.05, 0) is 30.2 Å². The van der Waals surface area contributed by atoms with E-state index in [1.54, 1.807) is 12.1 Å². The molecule has 0 radical (unpaired) electrons. The number of carbonyl (C=O) groups excluding carboxylic acids is 1. The van der Waals surface area contributed by atoms with Crippen LogP contribution < -0.4 is 4.74 Å². The van der Waals surface area contributed by atoms with Gasteiger partial charge in [0.1, 0.15) is 5.75 Å². The molecule has 0 saturated carbocycles. The molecule has 0 aliphatic rings. The molecule has 2 nitrogen and oxygen atoms in total. The van der Waals surface area contributed by atoms with Gasteiger partial charge in [0.05, 0.1) is 0 Å². The van der Waals surface area contributed by atoms with Crippen LogP contribution in [0, 0.1) is 6.92 Å². The molecule has 0 bridgehead atoms. The Hall–Kier alpha value is -1.80. The summed E-state index contributed by atoms with van der Waals surface area (Å²) < 4.78 is 4.75. The second-order valence-electron chi connectivity index (χ2n) is 3.73. The number of halogens is 1. The van der Waals surface area contributed by atoms with Crippen LogP contribution in [-0.2, 0) is 0 Å². The van der Waals surface area contributed by atoms with Crippen molar-refractivity contribution in [2.45, 2.75) is 6.92 Å². The van der Waals surface area contributed by atoms with Crippen LogP contribution in [-0.4, -0.2) is 5.43 Å². The molecule has 0 saturated heterocycles. The lowest BCUT2D eigenvalue weighted by Gasteiger charge is -2.04. The van der Waals surface area contributed by atoms with Crippen LogP contribution in [0.25, 0.3) is 11.1 Å². The largest absolute Gasteiger partial charge is 0.415 e. The summed E-state index contributed by atoms with van der Waals surface area (Å²) in [5.41, 5.74) is 2.59. The maximum atomic E-state index is 10.5. The molecule has 17 heavy (non-hydrogen) atoms. The monoisotopic (exact) mass is 246 g/mol. The summed E-state index contributed by atoms with van der Waals surface area (Å²) in [5, 5.41) is 0. The van der Waals surface area contributed by atoms with Crippen molar-refractivity contribution in [3.63, 3.8) is 0 Å². The van der Waals surface area contributed by atoms with Crippen LogP contribution in [0.1, 0.15) is 5.56 Å². The number of hydrogen-bond donors (Lipinski definition) is 0. The van der Waals surface area contributed by atoms with E-state index in [0.29, 0.717) is 5.75 Å².